The van der Waals surface area contributed by atoms with E-state index in [-0.39, 0.29) is 0 Å². The summed E-state index contributed by atoms with van der Waals surface area (Å²) in [6, 6.07) is 7.93. The molecule has 1 aliphatic rings. The van der Waals surface area contributed by atoms with E-state index in [1.807, 2.05) is 35.1 Å². The molecule has 3 rings (SSSR count). The first-order valence-electron chi connectivity index (χ1n) is 7.09. The first-order valence-corrected chi connectivity index (χ1v) is 7.88. The first-order chi connectivity index (χ1) is 9.79. The van der Waals surface area contributed by atoms with Crippen LogP contribution in [0.1, 0.15) is 54.1 Å². The lowest BCUT2D eigenvalue weighted by atomic mass is 9.86. The molecular weight excluding hydrogens is 316 g/mol. The molecule has 0 bridgehead atoms. The van der Waals surface area contributed by atoms with Crippen LogP contribution in [0.3, 0.4) is 0 Å². The molecule has 0 atom stereocenters. The van der Waals surface area contributed by atoms with E-state index in [0.717, 1.165) is 40.5 Å². The van der Waals surface area contributed by atoms with Gasteiger partial charge in [0.1, 0.15) is 0 Å². The Labute approximate surface area is 127 Å². The molecule has 1 fully saturated rings. The highest BCUT2D eigenvalue weighted by Crippen LogP contribution is 2.33. The van der Waals surface area contributed by atoms with E-state index in [9.17, 15) is 4.79 Å². The topological polar surface area (TPSA) is 34.9 Å². The largest absolute Gasteiger partial charge is 0.298 e. The SMILES string of the molecule is O=Cc1cn(-c2ccccc2Br)nc1C1CCCCC1. The van der Waals surface area contributed by atoms with Gasteiger partial charge >= 0.3 is 0 Å². The van der Waals surface area contributed by atoms with Crippen LogP contribution in [0.15, 0.2) is 34.9 Å². The predicted molar refractivity (Wildman–Crippen MR) is 82.5 cm³/mol. The van der Waals surface area contributed by atoms with Crippen molar-refractivity contribution in [3.05, 3.63) is 46.2 Å². The number of carbonyl (C=O) groups is 1. The molecule has 4 heteroatoms. The minimum atomic E-state index is 0.438. The third-order valence-electron chi connectivity index (χ3n) is 3.99. The monoisotopic (exact) mass is 332 g/mol. The van der Waals surface area contributed by atoms with Crippen molar-refractivity contribution in [2.24, 2.45) is 0 Å². The summed E-state index contributed by atoms with van der Waals surface area (Å²) >= 11 is 3.54. The number of carbonyl (C=O) groups excluding carboxylic acids is 1. The van der Waals surface area contributed by atoms with Gasteiger partial charge in [-0.15, -0.1) is 0 Å². The highest BCUT2D eigenvalue weighted by Gasteiger charge is 2.22. The maximum atomic E-state index is 11.3. The van der Waals surface area contributed by atoms with Crippen LogP contribution in [-0.2, 0) is 0 Å². The van der Waals surface area contributed by atoms with Crippen molar-refractivity contribution in [1.29, 1.82) is 0 Å². The maximum Gasteiger partial charge on any atom is 0.153 e. The molecule has 0 saturated heterocycles. The molecule has 1 saturated carbocycles. The molecule has 1 aromatic carbocycles. The number of aromatic nitrogens is 2. The van der Waals surface area contributed by atoms with Crippen LogP contribution in [0, 0.1) is 0 Å². The number of benzene rings is 1. The lowest BCUT2D eigenvalue weighted by molar-refractivity contribution is 0.112. The van der Waals surface area contributed by atoms with E-state index in [2.05, 4.69) is 15.9 Å². The number of halogens is 1. The van der Waals surface area contributed by atoms with Gasteiger partial charge in [0.2, 0.25) is 0 Å². The van der Waals surface area contributed by atoms with Gasteiger partial charge in [-0.2, -0.15) is 5.10 Å². The van der Waals surface area contributed by atoms with Crippen molar-refractivity contribution in [3.8, 4) is 5.69 Å². The second-order valence-electron chi connectivity index (χ2n) is 5.32. The summed E-state index contributed by atoms with van der Waals surface area (Å²) in [4.78, 5) is 11.3. The van der Waals surface area contributed by atoms with Crippen LogP contribution in [-0.4, -0.2) is 16.1 Å². The van der Waals surface area contributed by atoms with Crippen LogP contribution in [0.25, 0.3) is 5.69 Å². The van der Waals surface area contributed by atoms with E-state index in [1.54, 1.807) is 0 Å². The summed E-state index contributed by atoms with van der Waals surface area (Å²) in [5, 5.41) is 4.69. The molecule has 1 aliphatic carbocycles. The molecule has 0 spiro atoms. The van der Waals surface area contributed by atoms with Crippen molar-refractivity contribution in [3.63, 3.8) is 0 Å². The molecule has 0 unspecified atom stereocenters. The zero-order valence-corrected chi connectivity index (χ0v) is 12.8. The number of nitrogens with zero attached hydrogens (tertiary/aromatic N) is 2. The third-order valence-corrected chi connectivity index (χ3v) is 4.66. The molecule has 20 heavy (non-hydrogen) atoms. The Kier molecular flexibility index (Phi) is 4.01. The van der Waals surface area contributed by atoms with Gasteiger partial charge in [0, 0.05) is 16.6 Å². The van der Waals surface area contributed by atoms with Crippen LogP contribution >= 0.6 is 15.9 Å². The fraction of sp³-hybridized carbons (Fsp3) is 0.375. The third kappa shape index (κ3) is 2.57. The van der Waals surface area contributed by atoms with Crippen molar-refractivity contribution < 1.29 is 4.79 Å². The Morgan fingerprint density at radius 1 is 1.20 bits per heavy atom. The zero-order chi connectivity index (χ0) is 13.9. The van der Waals surface area contributed by atoms with Gasteiger partial charge in [-0.25, -0.2) is 4.68 Å². The molecule has 1 aromatic heterocycles. The lowest BCUT2D eigenvalue weighted by Gasteiger charge is -2.20. The second-order valence-corrected chi connectivity index (χ2v) is 6.17. The minimum absolute atomic E-state index is 0.438. The van der Waals surface area contributed by atoms with E-state index in [0.29, 0.717) is 5.92 Å². The molecule has 2 aromatic rings. The highest BCUT2D eigenvalue weighted by atomic mass is 79.9. The Bertz CT molecular complexity index is 615. The number of hydrogen-bond acceptors (Lipinski definition) is 2. The quantitative estimate of drug-likeness (QED) is 0.776. The van der Waals surface area contributed by atoms with Crippen molar-refractivity contribution in [1.82, 2.24) is 9.78 Å². The molecular formula is C16H17BrN2O. The predicted octanol–water partition coefficient (Wildman–Crippen LogP) is 4.50. The van der Waals surface area contributed by atoms with Gasteiger partial charge < -0.3 is 0 Å². The fourth-order valence-electron chi connectivity index (χ4n) is 2.95. The Hall–Kier alpha value is -1.42. The summed E-state index contributed by atoms with van der Waals surface area (Å²) in [7, 11) is 0. The van der Waals surface area contributed by atoms with Gasteiger partial charge in [-0.1, -0.05) is 31.4 Å². The molecule has 0 aliphatic heterocycles. The Morgan fingerprint density at radius 3 is 2.65 bits per heavy atom. The Balaban J connectivity index is 2.00. The molecule has 0 amide bonds. The van der Waals surface area contributed by atoms with Crippen molar-refractivity contribution in [2.45, 2.75) is 38.0 Å². The lowest BCUT2D eigenvalue weighted by Crippen LogP contribution is -2.07. The normalized spacial score (nSPS) is 16.2. The Morgan fingerprint density at radius 2 is 1.95 bits per heavy atom. The number of rotatable bonds is 3. The molecule has 104 valence electrons. The summed E-state index contributed by atoms with van der Waals surface area (Å²) < 4.78 is 2.80. The van der Waals surface area contributed by atoms with E-state index < -0.39 is 0 Å². The summed E-state index contributed by atoms with van der Waals surface area (Å²) in [5.41, 5.74) is 2.67. The fourth-order valence-corrected chi connectivity index (χ4v) is 3.41. The second kappa shape index (κ2) is 5.92. The zero-order valence-electron chi connectivity index (χ0n) is 11.3. The highest BCUT2D eigenvalue weighted by molar-refractivity contribution is 9.10. The van der Waals surface area contributed by atoms with Crippen molar-refractivity contribution in [2.75, 3.05) is 0 Å². The van der Waals surface area contributed by atoms with Crippen LogP contribution in [0.2, 0.25) is 0 Å². The summed E-state index contributed by atoms with van der Waals surface area (Å²) in [5.74, 6) is 0.438. The summed E-state index contributed by atoms with van der Waals surface area (Å²) in [6.45, 7) is 0. The average molecular weight is 333 g/mol. The smallest absolute Gasteiger partial charge is 0.153 e. The minimum Gasteiger partial charge on any atom is -0.298 e. The molecule has 3 nitrogen and oxygen atoms in total. The average Bonchev–Trinajstić information content (AvgIpc) is 2.92. The van der Waals surface area contributed by atoms with Gasteiger partial charge in [0.05, 0.1) is 16.9 Å². The van der Waals surface area contributed by atoms with Crippen LogP contribution < -0.4 is 0 Å². The number of aldehydes is 1. The molecule has 0 radical (unpaired) electrons. The number of para-hydroxylation sites is 1. The van der Waals surface area contributed by atoms with E-state index in [1.165, 1.54) is 19.3 Å². The first kappa shape index (κ1) is 13.6. The maximum absolute atomic E-state index is 11.3. The number of hydrogen-bond donors (Lipinski definition) is 0. The van der Waals surface area contributed by atoms with Gasteiger partial charge in [-0.05, 0) is 40.9 Å². The summed E-state index contributed by atoms with van der Waals surface area (Å²) in [6.07, 6.45) is 8.86. The van der Waals surface area contributed by atoms with Crippen LogP contribution in [0.5, 0.6) is 0 Å². The molecule has 0 N–H and O–H groups in total. The molecule has 1 heterocycles. The standard InChI is InChI=1S/C16H17BrN2O/c17-14-8-4-5-9-15(14)19-10-13(11-20)16(18-19)12-6-2-1-3-7-12/h4-5,8-12H,1-3,6-7H2. The van der Waals surface area contributed by atoms with Gasteiger partial charge in [-0.3, -0.25) is 4.79 Å². The van der Waals surface area contributed by atoms with Gasteiger partial charge in [0.15, 0.2) is 6.29 Å². The van der Waals surface area contributed by atoms with E-state index in [4.69, 9.17) is 5.10 Å². The van der Waals surface area contributed by atoms with E-state index >= 15 is 0 Å². The van der Waals surface area contributed by atoms with Gasteiger partial charge in [0.25, 0.3) is 0 Å². The van der Waals surface area contributed by atoms with Crippen molar-refractivity contribution >= 4 is 22.2 Å². The van der Waals surface area contributed by atoms with Crippen LogP contribution in [0.4, 0.5) is 0 Å².